The number of hydrogen-bond acceptors (Lipinski definition) is 6. The van der Waals surface area contributed by atoms with E-state index in [0.717, 1.165) is 32.0 Å². The molecule has 0 unspecified atom stereocenters. The molecule has 3 rings (SSSR count). The fraction of sp³-hybridized carbons (Fsp3) is 0.294. The molecule has 23 heavy (non-hydrogen) atoms. The first kappa shape index (κ1) is 15.1. The lowest BCUT2D eigenvalue weighted by Gasteiger charge is -2.33. The second kappa shape index (κ2) is 7.00. The van der Waals surface area contributed by atoms with Crippen molar-refractivity contribution in [1.29, 1.82) is 0 Å². The number of benzene rings is 1. The Bertz CT molecular complexity index is 668. The third kappa shape index (κ3) is 3.53. The van der Waals surface area contributed by atoms with Crippen molar-refractivity contribution in [3.8, 4) is 11.5 Å². The molecule has 6 nitrogen and oxygen atoms in total. The van der Waals surface area contributed by atoms with Gasteiger partial charge in [0.05, 0.1) is 26.4 Å². The highest BCUT2D eigenvalue weighted by atomic mass is 16.5. The van der Waals surface area contributed by atoms with Crippen molar-refractivity contribution in [2.24, 2.45) is 5.10 Å². The molecule has 2 heterocycles. The minimum absolute atomic E-state index is 0.117. The Morgan fingerprint density at radius 1 is 1.13 bits per heavy atom. The van der Waals surface area contributed by atoms with Crippen molar-refractivity contribution < 1.29 is 9.84 Å². The number of phenols is 1. The Balaban J connectivity index is 1.61. The number of pyridine rings is 1. The maximum Gasteiger partial charge on any atom is 0.166 e. The van der Waals surface area contributed by atoms with Crippen LogP contribution in [0.2, 0.25) is 0 Å². The lowest BCUT2D eigenvalue weighted by atomic mass is 10.2. The van der Waals surface area contributed by atoms with Crippen LogP contribution in [-0.2, 0) is 0 Å². The Kier molecular flexibility index (Phi) is 4.61. The van der Waals surface area contributed by atoms with E-state index in [4.69, 9.17) is 4.74 Å². The summed E-state index contributed by atoms with van der Waals surface area (Å²) in [5.74, 6) is 1.57. The molecule has 0 atom stereocenters. The van der Waals surface area contributed by atoms with Gasteiger partial charge < -0.3 is 14.7 Å². The minimum Gasteiger partial charge on any atom is -0.504 e. The Morgan fingerprint density at radius 3 is 2.65 bits per heavy atom. The first-order valence-electron chi connectivity index (χ1n) is 7.59. The highest BCUT2D eigenvalue weighted by Crippen LogP contribution is 2.28. The van der Waals surface area contributed by atoms with Crippen LogP contribution >= 0.6 is 0 Å². The zero-order valence-electron chi connectivity index (χ0n) is 13.1. The quantitative estimate of drug-likeness (QED) is 0.875. The van der Waals surface area contributed by atoms with Crippen LogP contribution in [0.3, 0.4) is 0 Å². The number of ether oxygens (including phenoxy) is 1. The molecule has 1 aromatic heterocycles. The van der Waals surface area contributed by atoms with Crippen molar-refractivity contribution in [3.63, 3.8) is 0 Å². The predicted molar refractivity (Wildman–Crippen MR) is 90.3 cm³/mol. The monoisotopic (exact) mass is 312 g/mol. The van der Waals surface area contributed by atoms with Crippen LogP contribution in [0, 0.1) is 0 Å². The Hall–Kier alpha value is -2.76. The van der Waals surface area contributed by atoms with Gasteiger partial charge in [-0.3, -0.25) is 5.01 Å². The van der Waals surface area contributed by atoms with E-state index in [0.29, 0.717) is 11.3 Å². The molecular weight excluding hydrogens is 292 g/mol. The summed E-state index contributed by atoms with van der Waals surface area (Å²) in [6, 6.07) is 11.3. The van der Waals surface area contributed by atoms with E-state index >= 15 is 0 Å². The minimum atomic E-state index is 0.117. The fourth-order valence-corrected chi connectivity index (χ4v) is 2.53. The van der Waals surface area contributed by atoms with Gasteiger partial charge in [0.15, 0.2) is 11.5 Å². The number of hydrazone groups is 1. The molecule has 1 N–H and O–H groups in total. The predicted octanol–water partition coefficient (Wildman–Crippen LogP) is 1.95. The van der Waals surface area contributed by atoms with Gasteiger partial charge in [-0.15, -0.1) is 0 Å². The van der Waals surface area contributed by atoms with Gasteiger partial charge in [-0.25, -0.2) is 4.98 Å². The number of para-hydroxylation sites is 1. The van der Waals surface area contributed by atoms with Crippen molar-refractivity contribution in [3.05, 3.63) is 48.2 Å². The van der Waals surface area contributed by atoms with Gasteiger partial charge in [0.2, 0.25) is 0 Å². The van der Waals surface area contributed by atoms with Gasteiger partial charge in [-0.1, -0.05) is 12.1 Å². The third-order valence-electron chi connectivity index (χ3n) is 3.84. The molecule has 1 aliphatic rings. The molecule has 0 spiro atoms. The van der Waals surface area contributed by atoms with E-state index in [-0.39, 0.29) is 5.75 Å². The zero-order chi connectivity index (χ0) is 16.1. The van der Waals surface area contributed by atoms with E-state index in [2.05, 4.69) is 15.0 Å². The number of phenolic OH excluding ortho intramolecular Hbond substituents is 1. The number of aromatic hydroxyl groups is 1. The summed E-state index contributed by atoms with van der Waals surface area (Å²) in [6.45, 7) is 3.38. The first-order chi connectivity index (χ1) is 11.3. The SMILES string of the molecule is COc1cccc(/C=N\N2CCN(c3ccccn3)CC2)c1O. The van der Waals surface area contributed by atoms with Gasteiger partial charge >= 0.3 is 0 Å². The van der Waals surface area contributed by atoms with Gasteiger partial charge in [0.1, 0.15) is 5.82 Å². The van der Waals surface area contributed by atoms with E-state index in [1.807, 2.05) is 41.5 Å². The van der Waals surface area contributed by atoms with Crippen LogP contribution in [0.15, 0.2) is 47.7 Å². The van der Waals surface area contributed by atoms with Gasteiger partial charge in [-0.05, 0) is 24.3 Å². The maximum absolute atomic E-state index is 10.1. The number of anilines is 1. The third-order valence-corrected chi connectivity index (χ3v) is 3.84. The second-order valence-electron chi connectivity index (χ2n) is 5.27. The molecule has 120 valence electrons. The summed E-state index contributed by atoms with van der Waals surface area (Å²) in [5, 5.41) is 16.5. The van der Waals surface area contributed by atoms with E-state index in [9.17, 15) is 5.11 Å². The maximum atomic E-state index is 10.1. The van der Waals surface area contributed by atoms with Crippen LogP contribution in [0.25, 0.3) is 0 Å². The van der Waals surface area contributed by atoms with Gasteiger partial charge in [-0.2, -0.15) is 5.10 Å². The fourth-order valence-electron chi connectivity index (χ4n) is 2.53. The molecule has 0 aliphatic carbocycles. The van der Waals surface area contributed by atoms with Crippen LogP contribution in [-0.4, -0.2) is 54.6 Å². The summed E-state index contributed by atoms with van der Waals surface area (Å²) in [4.78, 5) is 6.62. The molecule has 6 heteroatoms. The number of methoxy groups -OCH3 is 1. The zero-order valence-corrected chi connectivity index (χ0v) is 13.1. The Morgan fingerprint density at radius 2 is 1.96 bits per heavy atom. The molecule has 0 bridgehead atoms. The smallest absolute Gasteiger partial charge is 0.166 e. The molecule has 1 aromatic carbocycles. The first-order valence-corrected chi connectivity index (χ1v) is 7.59. The highest BCUT2D eigenvalue weighted by molar-refractivity contribution is 5.84. The summed E-state index contributed by atoms with van der Waals surface area (Å²) in [7, 11) is 1.53. The number of rotatable bonds is 4. The number of piperazine rings is 1. The molecule has 0 saturated carbocycles. The molecule has 0 amide bonds. The van der Waals surface area contributed by atoms with Crippen molar-refractivity contribution in [2.45, 2.75) is 0 Å². The second-order valence-corrected chi connectivity index (χ2v) is 5.27. The standard InChI is InChI=1S/C17H20N4O2/c1-23-15-6-4-5-14(17(15)22)13-19-21-11-9-20(10-12-21)16-7-2-3-8-18-16/h2-8,13,22H,9-12H2,1H3/b19-13-. The summed E-state index contributed by atoms with van der Waals surface area (Å²) in [5.41, 5.74) is 0.650. The summed E-state index contributed by atoms with van der Waals surface area (Å²) >= 11 is 0. The molecule has 2 aromatic rings. The van der Waals surface area contributed by atoms with Gasteiger partial charge in [0, 0.05) is 24.8 Å². The molecular formula is C17H20N4O2. The highest BCUT2D eigenvalue weighted by Gasteiger charge is 2.16. The van der Waals surface area contributed by atoms with Gasteiger partial charge in [0.25, 0.3) is 0 Å². The Labute approximate surface area is 135 Å². The molecule has 1 aliphatic heterocycles. The number of nitrogens with zero attached hydrogens (tertiary/aromatic N) is 4. The topological polar surface area (TPSA) is 61.2 Å². The lowest BCUT2D eigenvalue weighted by molar-refractivity contribution is 0.271. The van der Waals surface area contributed by atoms with E-state index in [1.54, 1.807) is 12.3 Å². The largest absolute Gasteiger partial charge is 0.504 e. The lowest BCUT2D eigenvalue weighted by Crippen LogP contribution is -2.44. The van der Waals surface area contributed by atoms with Crippen molar-refractivity contribution in [1.82, 2.24) is 9.99 Å². The van der Waals surface area contributed by atoms with Crippen LogP contribution in [0.1, 0.15) is 5.56 Å². The molecule has 1 fully saturated rings. The van der Waals surface area contributed by atoms with E-state index in [1.165, 1.54) is 7.11 Å². The van der Waals surface area contributed by atoms with Crippen molar-refractivity contribution in [2.75, 3.05) is 38.2 Å². The normalized spacial score (nSPS) is 15.2. The van der Waals surface area contributed by atoms with Crippen LogP contribution in [0.5, 0.6) is 11.5 Å². The molecule has 0 radical (unpaired) electrons. The van der Waals surface area contributed by atoms with E-state index < -0.39 is 0 Å². The summed E-state index contributed by atoms with van der Waals surface area (Å²) in [6.07, 6.45) is 3.49. The number of hydrogen-bond donors (Lipinski definition) is 1. The number of aromatic nitrogens is 1. The summed E-state index contributed by atoms with van der Waals surface area (Å²) < 4.78 is 5.10. The van der Waals surface area contributed by atoms with Crippen LogP contribution in [0.4, 0.5) is 5.82 Å². The molecule has 1 saturated heterocycles. The average molecular weight is 312 g/mol. The van der Waals surface area contributed by atoms with Crippen LogP contribution < -0.4 is 9.64 Å². The van der Waals surface area contributed by atoms with Crippen molar-refractivity contribution >= 4 is 12.0 Å². The average Bonchev–Trinajstić information content (AvgIpc) is 2.62.